The minimum Gasteiger partial charge on any atom is -0.480 e. The lowest BCUT2D eigenvalue weighted by atomic mass is 10.0. The van der Waals surface area contributed by atoms with Crippen molar-refractivity contribution in [3.63, 3.8) is 0 Å². The molecule has 2 aromatic carbocycles. The maximum atomic E-state index is 12.7. The zero-order valence-corrected chi connectivity index (χ0v) is 18.5. The molecule has 1 unspecified atom stereocenters. The average Bonchev–Trinajstić information content (AvgIpc) is 2.73. The molecule has 0 spiro atoms. The molecular formula is C24H24N4O5. The minimum absolute atomic E-state index is 0.0653. The summed E-state index contributed by atoms with van der Waals surface area (Å²) in [5.41, 5.74) is 3.18. The van der Waals surface area contributed by atoms with Crippen LogP contribution in [0.15, 0.2) is 54.6 Å². The Balaban J connectivity index is 1.69. The van der Waals surface area contributed by atoms with Crippen molar-refractivity contribution >= 4 is 29.5 Å². The lowest BCUT2D eigenvalue weighted by Crippen LogP contribution is -2.42. The number of benzene rings is 2. The van der Waals surface area contributed by atoms with Crippen LogP contribution in [0.2, 0.25) is 0 Å². The highest BCUT2D eigenvalue weighted by Crippen LogP contribution is 2.17. The van der Waals surface area contributed by atoms with Crippen molar-refractivity contribution in [2.24, 2.45) is 0 Å². The van der Waals surface area contributed by atoms with Gasteiger partial charge in [-0.15, -0.1) is 0 Å². The van der Waals surface area contributed by atoms with E-state index in [2.05, 4.69) is 20.6 Å². The van der Waals surface area contributed by atoms with E-state index in [0.29, 0.717) is 28.5 Å². The molecule has 0 aliphatic rings. The number of amides is 1. The molecule has 9 nitrogen and oxygen atoms in total. The van der Waals surface area contributed by atoms with Crippen LogP contribution in [0.3, 0.4) is 0 Å². The Kier molecular flexibility index (Phi) is 7.34. The molecule has 33 heavy (non-hydrogen) atoms. The molecule has 170 valence electrons. The summed E-state index contributed by atoms with van der Waals surface area (Å²) in [4.78, 5) is 44.1. The average molecular weight is 448 g/mol. The Morgan fingerprint density at radius 2 is 1.67 bits per heavy atom. The third-order valence-corrected chi connectivity index (χ3v) is 4.59. The predicted octanol–water partition coefficient (Wildman–Crippen LogP) is 3.19. The molecule has 3 aromatic rings. The number of aromatic nitrogens is 2. The van der Waals surface area contributed by atoms with Crippen LogP contribution in [0.1, 0.15) is 34.2 Å². The maximum absolute atomic E-state index is 12.7. The van der Waals surface area contributed by atoms with Gasteiger partial charge in [0.2, 0.25) is 5.95 Å². The fourth-order valence-electron chi connectivity index (χ4n) is 3.19. The van der Waals surface area contributed by atoms with Gasteiger partial charge in [0.05, 0.1) is 0 Å². The van der Waals surface area contributed by atoms with Gasteiger partial charge in [0.1, 0.15) is 11.8 Å². The van der Waals surface area contributed by atoms with Crippen LogP contribution in [0.25, 0.3) is 0 Å². The number of nitrogens with zero attached hydrogens (tertiary/aromatic N) is 2. The number of carbonyl (C=O) groups is 3. The summed E-state index contributed by atoms with van der Waals surface area (Å²) >= 11 is 0. The SMILES string of the molecule is CC(=O)Oc1ccc(CC(NC(=O)c2cccc(Nc3nc(C)cc(C)n3)c2)C(=O)O)cc1. The number of ether oxygens (including phenoxy) is 1. The zero-order chi connectivity index (χ0) is 24.0. The van der Waals surface area contributed by atoms with Crippen molar-refractivity contribution < 1.29 is 24.2 Å². The second kappa shape index (κ2) is 10.4. The number of nitrogens with one attached hydrogen (secondary N) is 2. The van der Waals surface area contributed by atoms with Gasteiger partial charge in [0.25, 0.3) is 5.91 Å². The molecule has 0 aliphatic heterocycles. The van der Waals surface area contributed by atoms with Gasteiger partial charge < -0.3 is 20.5 Å². The summed E-state index contributed by atoms with van der Waals surface area (Å²) in [6.45, 7) is 5.02. The first-order chi connectivity index (χ1) is 15.7. The Hall–Kier alpha value is -4.27. The first kappa shape index (κ1) is 23.4. The predicted molar refractivity (Wildman–Crippen MR) is 122 cm³/mol. The first-order valence-electron chi connectivity index (χ1n) is 10.2. The molecule has 1 aromatic heterocycles. The zero-order valence-electron chi connectivity index (χ0n) is 18.5. The number of rotatable bonds is 8. The number of carbonyl (C=O) groups excluding carboxylic acids is 2. The Bertz CT molecular complexity index is 1160. The molecule has 1 amide bonds. The largest absolute Gasteiger partial charge is 0.480 e. The Labute approximate surface area is 190 Å². The molecule has 0 saturated heterocycles. The summed E-state index contributed by atoms with van der Waals surface area (Å²) in [6, 6.07) is 13.8. The van der Waals surface area contributed by atoms with Gasteiger partial charge in [-0.2, -0.15) is 0 Å². The van der Waals surface area contributed by atoms with E-state index in [4.69, 9.17) is 4.74 Å². The Morgan fingerprint density at radius 1 is 1.00 bits per heavy atom. The highest BCUT2D eigenvalue weighted by Gasteiger charge is 2.21. The van der Waals surface area contributed by atoms with Gasteiger partial charge in [-0.3, -0.25) is 9.59 Å². The van der Waals surface area contributed by atoms with Crippen LogP contribution in [0, 0.1) is 13.8 Å². The molecule has 1 heterocycles. The molecule has 9 heteroatoms. The van der Waals surface area contributed by atoms with E-state index < -0.39 is 23.9 Å². The van der Waals surface area contributed by atoms with Crippen molar-refractivity contribution in [2.75, 3.05) is 5.32 Å². The van der Waals surface area contributed by atoms with Crippen LogP contribution >= 0.6 is 0 Å². The number of esters is 1. The van der Waals surface area contributed by atoms with E-state index >= 15 is 0 Å². The topological polar surface area (TPSA) is 131 Å². The third-order valence-electron chi connectivity index (χ3n) is 4.59. The molecule has 3 rings (SSSR count). The van der Waals surface area contributed by atoms with E-state index in [1.165, 1.54) is 6.92 Å². The molecule has 0 fully saturated rings. The molecular weight excluding hydrogens is 424 g/mol. The van der Waals surface area contributed by atoms with E-state index in [1.807, 2.05) is 19.9 Å². The van der Waals surface area contributed by atoms with E-state index in [-0.39, 0.29) is 6.42 Å². The highest BCUT2D eigenvalue weighted by atomic mass is 16.5. The molecule has 0 radical (unpaired) electrons. The quantitative estimate of drug-likeness (QED) is 0.354. The summed E-state index contributed by atoms with van der Waals surface area (Å²) in [6.07, 6.45) is 0.0653. The van der Waals surface area contributed by atoms with Crippen LogP contribution in [0.4, 0.5) is 11.6 Å². The number of anilines is 2. The van der Waals surface area contributed by atoms with Gasteiger partial charge in [-0.05, 0) is 55.8 Å². The van der Waals surface area contributed by atoms with Gasteiger partial charge in [-0.25, -0.2) is 14.8 Å². The molecule has 0 aliphatic carbocycles. The molecule has 0 bridgehead atoms. The van der Waals surface area contributed by atoms with Crippen molar-refractivity contribution in [1.29, 1.82) is 0 Å². The van der Waals surface area contributed by atoms with Gasteiger partial charge in [0, 0.05) is 36.0 Å². The number of hydrogen-bond donors (Lipinski definition) is 3. The van der Waals surface area contributed by atoms with Gasteiger partial charge in [-0.1, -0.05) is 18.2 Å². The molecule has 3 N–H and O–H groups in total. The smallest absolute Gasteiger partial charge is 0.326 e. The summed E-state index contributed by atoms with van der Waals surface area (Å²) in [5, 5.41) is 15.2. The van der Waals surface area contributed by atoms with Crippen molar-refractivity contribution in [1.82, 2.24) is 15.3 Å². The fourth-order valence-corrected chi connectivity index (χ4v) is 3.19. The third kappa shape index (κ3) is 6.86. The fraction of sp³-hybridized carbons (Fsp3) is 0.208. The second-order valence-corrected chi connectivity index (χ2v) is 7.49. The number of carboxylic acids is 1. The van der Waals surface area contributed by atoms with Crippen LogP contribution in [-0.2, 0) is 16.0 Å². The second-order valence-electron chi connectivity index (χ2n) is 7.49. The highest BCUT2D eigenvalue weighted by molar-refractivity contribution is 5.97. The lowest BCUT2D eigenvalue weighted by molar-refractivity contribution is -0.139. The van der Waals surface area contributed by atoms with Crippen LogP contribution in [-0.4, -0.2) is 39.0 Å². The number of carboxylic acid groups (broad SMARTS) is 1. The normalized spacial score (nSPS) is 11.4. The summed E-state index contributed by atoms with van der Waals surface area (Å²) in [5.74, 6) is -1.36. The first-order valence-corrected chi connectivity index (χ1v) is 10.2. The maximum Gasteiger partial charge on any atom is 0.326 e. The lowest BCUT2D eigenvalue weighted by Gasteiger charge is -2.15. The van der Waals surface area contributed by atoms with E-state index in [1.54, 1.807) is 48.5 Å². The molecule has 0 saturated carbocycles. The number of aryl methyl sites for hydroxylation is 2. The summed E-state index contributed by atoms with van der Waals surface area (Å²) < 4.78 is 4.97. The van der Waals surface area contributed by atoms with Crippen molar-refractivity contribution in [2.45, 2.75) is 33.2 Å². The van der Waals surface area contributed by atoms with E-state index in [9.17, 15) is 19.5 Å². The van der Waals surface area contributed by atoms with Gasteiger partial charge in [0.15, 0.2) is 0 Å². The summed E-state index contributed by atoms with van der Waals surface area (Å²) in [7, 11) is 0. The standard InChI is InChI=1S/C24H24N4O5/c1-14-11-15(2)26-24(25-14)27-19-6-4-5-18(13-19)22(30)28-21(23(31)32)12-17-7-9-20(10-8-17)33-16(3)29/h4-11,13,21H,12H2,1-3H3,(H,28,30)(H,31,32)(H,25,26,27). The van der Waals surface area contributed by atoms with Gasteiger partial charge >= 0.3 is 11.9 Å². The number of aliphatic carboxylic acids is 1. The molecule has 1 atom stereocenters. The van der Waals surface area contributed by atoms with Crippen LogP contribution < -0.4 is 15.4 Å². The van der Waals surface area contributed by atoms with Crippen molar-refractivity contribution in [3.05, 3.63) is 77.1 Å². The monoisotopic (exact) mass is 448 g/mol. The van der Waals surface area contributed by atoms with E-state index in [0.717, 1.165) is 11.4 Å². The van der Waals surface area contributed by atoms with Crippen LogP contribution in [0.5, 0.6) is 5.75 Å². The number of hydrogen-bond acceptors (Lipinski definition) is 7. The minimum atomic E-state index is -1.16. The van der Waals surface area contributed by atoms with Crippen molar-refractivity contribution in [3.8, 4) is 5.75 Å². The Morgan fingerprint density at radius 3 is 2.27 bits per heavy atom.